The molecule has 2 bridgehead atoms. The molecule has 146 valence electrons. The lowest BCUT2D eigenvalue weighted by Crippen LogP contribution is -2.37. The zero-order valence-electron chi connectivity index (χ0n) is 16.2. The van der Waals surface area contributed by atoms with Gasteiger partial charge in [-0.15, -0.1) is 0 Å². The summed E-state index contributed by atoms with van der Waals surface area (Å²) in [5, 5.41) is 0. The number of hydrogen-bond donors (Lipinski definition) is 0. The van der Waals surface area contributed by atoms with Crippen molar-refractivity contribution in [2.75, 3.05) is 13.1 Å². The van der Waals surface area contributed by atoms with Gasteiger partial charge in [-0.1, -0.05) is 18.2 Å². The number of rotatable bonds is 7. The number of likely N-dealkylation sites (tertiary alicyclic amines) is 1. The molecule has 1 saturated carbocycles. The molecule has 2 aromatic rings. The molecule has 2 aliphatic rings. The number of piperidine rings is 1. The number of sulfone groups is 1. The molecule has 1 aromatic heterocycles. The van der Waals surface area contributed by atoms with E-state index < -0.39 is 14.6 Å². The van der Waals surface area contributed by atoms with Gasteiger partial charge in [-0.2, -0.15) is 0 Å². The van der Waals surface area contributed by atoms with Crippen molar-refractivity contribution in [2.24, 2.45) is 5.92 Å². The van der Waals surface area contributed by atoms with Crippen molar-refractivity contribution in [3.63, 3.8) is 0 Å². The van der Waals surface area contributed by atoms with Crippen LogP contribution in [-0.4, -0.2) is 37.2 Å². The largest absolute Gasteiger partial charge is 0.469 e. The lowest BCUT2D eigenvalue weighted by atomic mass is 9.92. The van der Waals surface area contributed by atoms with Crippen LogP contribution < -0.4 is 0 Å². The van der Waals surface area contributed by atoms with Crippen LogP contribution in [0.4, 0.5) is 0 Å². The zero-order chi connectivity index (χ0) is 19.1. The summed E-state index contributed by atoms with van der Waals surface area (Å²) in [6.45, 7) is 5.82. The van der Waals surface area contributed by atoms with Gasteiger partial charge in [0.1, 0.15) is 5.76 Å². The molecule has 0 amide bonds. The molecule has 3 atom stereocenters. The Labute approximate surface area is 162 Å². The molecule has 2 fully saturated rings. The standard InChI is InChI=1S/C22H29NO3S/c1-22(2,27(24,25)19-8-4-3-5-9-19)11-7-12-23-16-17-14-18(23)15-20(17)21-10-6-13-26-21/h3-6,8-10,13,17-18,20H,7,11-12,14-16H2,1-2H3/t17-,18-,20-/m0/s1. The second kappa shape index (κ2) is 7.10. The van der Waals surface area contributed by atoms with E-state index in [9.17, 15) is 8.42 Å². The molecule has 1 saturated heterocycles. The molecule has 4 nitrogen and oxygen atoms in total. The summed E-state index contributed by atoms with van der Waals surface area (Å²) in [4.78, 5) is 2.99. The van der Waals surface area contributed by atoms with Crippen molar-refractivity contribution in [1.29, 1.82) is 0 Å². The van der Waals surface area contributed by atoms with Gasteiger partial charge in [0, 0.05) is 18.5 Å². The molecule has 4 rings (SSSR count). The van der Waals surface area contributed by atoms with E-state index in [0.717, 1.165) is 25.3 Å². The topological polar surface area (TPSA) is 50.5 Å². The van der Waals surface area contributed by atoms with E-state index in [2.05, 4.69) is 11.0 Å². The fourth-order valence-electron chi connectivity index (χ4n) is 4.93. The van der Waals surface area contributed by atoms with Crippen molar-refractivity contribution < 1.29 is 12.8 Å². The van der Waals surface area contributed by atoms with Crippen LogP contribution in [0.25, 0.3) is 0 Å². The number of nitrogens with zero attached hydrogens (tertiary/aromatic N) is 1. The Hall–Kier alpha value is -1.59. The third kappa shape index (κ3) is 3.47. The zero-order valence-corrected chi connectivity index (χ0v) is 17.0. The fourth-order valence-corrected chi connectivity index (χ4v) is 6.50. The summed E-state index contributed by atoms with van der Waals surface area (Å²) in [7, 11) is -3.31. The molecule has 1 aromatic carbocycles. The normalized spacial score (nSPS) is 25.9. The van der Waals surface area contributed by atoms with Gasteiger partial charge < -0.3 is 9.32 Å². The van der Waals surface area contributed by atoms with Crippen LogP contribution in [0.5, 0.6) is 0 Å². The van der Waals surface area contributed by atoms with Crippen molar-refractivity contribution >= 4 is 9.84 Å². The van der Waals surface area contributed by atoms with Gasteiger partial charge in [0.2, 0.25) is 0 Å². The highest BCUT2D eigenvalue weighted by Gasteiger charge is 2.46. The first-order valence-corrected chi connectivity index (χ1v) is 11.4. The Morgan fingerprint density at radius 1 is 1.11 bits per heavy atom. The van der Waals surface area contributed by atoms with Crippen LogP contribution in [0.2, 0.25) is 0 Å². The third-order valence-electron chi connectivity index (χ3n) is 6.57. The minimum absolute atomic E-state index is 0.427. The van der Waals surface area contributed by atoms with Crippen LogP contribution in [0.1, 0.15) is 51.2 Å². The second-order valence-corrected chi connectivity index (χ2v) is 11.3. The van der Waals surface area contributed by atoms with E-state index in [1.54, 1.807) is 30.5 Å². The smallest absolute Gasteiger partial charge is 0.183 e. The van der Waals surface area contributed by atoms with Crippen LogP contribution in [0, 0.1) is 5.92 Å². The van der Waals surface area contributed by atoms with E-state index in [0.29, 0.717) is 29.2 Å². The Balaban J connectivity index is 1.32. The first-order chi connectivity index (χ1) is 12.9. The molecule has 2 heterocycles. The molecular formula is C22H29NO3S. The van der Waals surface area contributed by atoms with Crippen molar-refractivity contribution in [3.05, 3.63) is 54.5 Å². The average Bonchev–Trinajstić information content (AvgIpc) is 3.38. The molecular weight excluding hydrogens is 358 g/mol. The predicted octanol–water partition coefficient (Wildman–Crippen LogP) is 4.49. The summed E-state index contributed by atoms with van der Waals surface area (Å²) in [5.41, 5.74) is 0. The first kappa shape index (κ1) is 18.8. The Morgan fingerprint density at radius 3 is 2.52 bits per heavy atom. The monoisotopic (exact) mass is 387 g/mol. The van der Waals surface area contributed by atoms with Gasteiger partial charge in [-0.3, -0.25) is 0 Å². The molecule has 1 aliphatic carbocycles. The maximum Gasteiger partial charge on any atom is 0.183 e. The van der Waals surface area contributed by atoms with Crippen molar-refractivity contribution in [1.82, 2.24) is 4.90 Å². The summed E-state index contributed by atoms with van der Waals surface area (Å²) in [6, 6.07) is 13.5. The van der Waals surface area contributed by atoms with E-state index >= 15 is 0 Å². The molecule has 0 N–H and O–H groups in total. The van der Waals surface area contributed by atoms with Crippen LogP contribution in [0.15, 0.2) is 58.0 Å². The highest BCUT2D eigenvalue weighted by molar-refractivity contribution is 7.92. The number of fused-ring (bicyclic) bond motifs is 2. The number of hydrogen-bond acceptors (Lipinski definition) is 4. The Bertz CT molecular complexity index is 858. The molecule has 5 heteroatoms. The lowest BCUT2D eigenvalue weighted by molar-refractivity contribution is 0.186. The van der Waals surface area contributed by atoms with Crippen LogP contribution >= 0.6 is 0 Å². The second-order valence-electron chi connectivity index (χ2n) is 8.68. The molecule has 1 aliphatic heterocycles. The summed E-state index contributed by atoms with van der Waals surface area (Å²) in [6.07, 6.45) is 5.78. The van der Waals surface area contributed by atoms with E-state index in [1.165, 1.54) is 12.8 Å². The molecule has 0 spiro atoms. The highest BCUT2D eigenvalue weighted by Crippen LogP contribution is 2.47. The van der Waals surface area contributed by atoms with Gasteiger partial charge >= 0.3 is 0 Å². The maximum atomic E-state index is 13.0. The van der Waals surface area contributed by atoms with E-state index in [-0.39, 0.29) is 0 Å². The lowest BCUT2D eigenvalue weighted by Gasteiger charge is -2.32. The maximum absolute atomic E-state index is 13.0. The molecule has 27 heavy (non-hydrogen) atoms. The fraction of sp³-hybridized carbons (Fsp3) is 0.545. The van der Waals surface area contributed by atoms with E-state index in [1.807, 2.05) is 26.0 Å². The van der Waals surface area contributed by atoms with Gasteiger partial charge in [-0.05, 0) is 76.3 Å². The summed E-state index contributed by atoms with van der Waals surface area (Å²) in [5.74, 6) is 2.38. The van der Waals surface area contributed by atoms with Gasteiger partial charge in [0.05, 0.1) is 15.9 Å². The van der Waals surface area contributed by atoms with Crippen molar-refractivity contribution in [3.8, 4) is 0 Å². The minimum Gasteiger partial charge on any atom is -0.469 e. The van der Waals surface area contributed by atoms with Crippen LogP contribution in [0.3, 0.4) is 0 Å². The SMILES string of the molecule is CC(C)(CCCN1C[C@@H]2C[C@H]1C[C@@H]2c1ccco1)S(=O)(=O)c1ccccc1. The Kier molecular flexibility index (Phi) is 4.93. The van der Waals surface area contributed by atoms with Gasteiger partial charge in [0.25, 0.3) is 0 Å². The number of benzene rings is 1. The predicted molar refractivity (Wildman–Crippen MR) is 106 cm³/mol. The quantitative estimate of drug-likeness (QED) is 0.702. The van der Waals surface area contributed by atoms with Crippen molar-refractivity contribution in [2.45, 2.75) is 61.1 Å². The summed E-state index contributed by atoms with van der Waals surface area (Å²) < 4.78 is 30.8. The first-order valence-electron chi connectivity index (χ1n) is 9.95. The highest BCUT2D eigenvalue weighted by atomic mass is 32.2. The van der Waals surface area contributed by atoms with Gasteiger partial charge in [0.15, 0.2) is 9.84 Å². The third-order valence-corrected chi connectivity index (χ3v) is 9.12. The minimum atomic E-state index is -3.31. The Morgan fingerprint density at radius 2 is 1.89 bits per heavy atom. The molecule has 0 unspecified atom stereocenters. The average molecular weight is 388 g/mol. The molecule has 0 radical (unpaired) electrons. The number of furan rings is 1. The summed E-state index contributed by atoms with van der Waals surface area (Å²) >= 11 is 0. The van der Waals surface area contributed by atoms with Crippen LogP contribution in [-0.2, 0) is 9.84 Å². The van der Waals surface area contributed by atoms with E-state index in [4.69, 9.17) is 4.42 Å². The van der Waals surface area contributed by atoms with Gasteiger partial charge in [-0.25, -0.2) is 8.42 Å².